The third-order valence-electron chi connectivity index (χ3n) is 0.283. The zero-order valence-corrected chi connectivity index (χ0v) is 7.04. The molecular weight excluding hydrogens is 240 g/mol. The predicted octanol–water partition coefficient (Wildman–Crippen LogP) is 0.161. The first kappa shape index (κ1) is 12.3. The first-order valence-corrected chi connectivity index (χ1v) is 2.68. The normalized spacial score (nSPS) is 12.4. The van der Waals surface area contributed by atoms with Crippen LogP contribution in [0.5, 0.6) is 0 Å². The molecule has 0 aromatic carbocycles. The van der Waals surface area contributed by atoms with Gasteiger partial charge >= 0.3 is 31.7 Å². The van der Waals surface area contributed by atoms with Gasteiger partial charge in [0.2, 0.25) is 0 Å². The topological polar surface area (TPSA) is 57.2 Å². The monoisotopic (exact) mass is 240 g/mol. The Balaban J connectivity index is -0.000000245. The molecule has 9 heavy (non-hydrogen) atoms. The summed E-state index contributed by atoms with van der Waals surface area (Å²) < 4.78 is 58.9. The zero-order chi connectivity index (χ0) is 7.00. The van der Waals surface area contributed by atoms with Crippen molar-refractivity contribution in [2.75, 3.05) is 0 Å². The number of alkyl halides is 3. The van der Waals surface area contributed by atoms with E-state index in [1.807, 2.05) is 0 Å². The molecular formula is CHF3O3SZr. The quantitative estimate of drug-likeness (QED) is 0.448. The van der Waals surface area contributed by atoms with Crippen LogP contribution in [0.15, 0.2) is 0 Å². The molecule has 0 rings (SSSR count). The summed E-state index contributed by atoms with van der Waals surface area (Å²) in [5, 5.41) is 0. The van der Waals surface area contributed by atoms with Crippen molar-refractivity contribution >= 4 is 10.1 Å². The van der Waals surface area contributed by atoms with Crippen LogP contribution in [0.3, 0.4) is 0 Å². The van der Waals surface area contributed by atoms with Gasteiger partial charge in [-0.05, 0) is 0 Å². The molecule has 0 bridgehead atoms. The first-order chi connectivity index (χ1) is 3.25. The van der Waals surface area contributed by atoms with Gasteiger partial charge in [0.05, 0.1) is 0 Å². The Morgan fingerprint density at radius 2 is 1.44 bits per heavy atom. The van der Waals surface area contributed by atoms with Crippen molar-refractivity contribution in [3.63, 3.8) is 0 Å². The molecule has 0 spiro atoms. The van der Waals surface area contributed by atoms with Crippen LogP contribution < -0.4 is 0 Å². The Hall–Kier alpha value is 0.583. The van der Waals surface area contributed by atoms with E-state index in [0.717, 1.165) is 0 Å². The van der Waals surface area contributed by atoms with Gasteiger partial charge in [0.25, 0.3) is 0 Å². The van der Waals surface area contributed by atoms with E-state index in [0.29, 0.717) is 0 Å². The summed E-state index contributed by atoms with van der Waals surface area (Å²) in [6, 6.07) is 0. The summed E-state index contributed by atoms with van der Waals surface area (Å²) in [5.41, 5.74) is -5.65. The largest absolute Gasteiger partial charge is 2.00 e. The van der Waals surface area contributed by atoms with Crippen molar-refractivity contribution in [2.45, 2.75) is 5.51 Å². The average Bonchev–Trinajstić information content (AvgIpc) is 1.25. The van der Waals surface area contributed by atoms with Crippen LogP contribution in [0.4, 0.5) is 13.2 Å². The molecule has 0 aliphatic heterocycles. The molecule has 0 heterocycles. The summed E-state index contributed by atoms with van der Waals surface area (Å²) in [6.07, 6.45) is 0. The summed E-state index contributed by atoms with van der Waals surface area (Å²) in [6.45, 7) is 0. The van der Waals surface area contributed by atoms with Gasteiger partial charge < -0.3 is 5.98 Å². The van der Waals surface area contributed by atoms with E-state index in [2.05, 4.69) is 0 Å². The minimum atomic E-state index is -6.09. The minimum Gasteiger partial charge on any atom is -1.00 e. The zero-order valence-electron chi connectivity index (χ0n) is 4.77. The Kier molecular flexibility index (Phi) is 4.25. The van der Waals surface area contributed by atoms with Crippen LogP contribution >= 0.6 is 0 Å². The van der Waals surface area contributed by atoms with Crippen molar-refractivity contribution in [3.05, 3.63) is 0 Å². The second kappa shape index (κ2) is 3.12. The SMILES string of the molecule is O=S(=O)([O-])C(F)(F)F.[H-].[Zr+2]. The van der Waals surface area contributed by atoms with Crippen molar-refractivity contribution < 1.29 is 53.8 Å². The molecule has 0 atom stereocenters. The van der Waals surface area contributed by atoms with Crippen LogP contribution in [0.1, 0.15) is 1.43 Å². The molecule has 0 aliphatic carbocycles. The minimum absolute atomic E-state index is 0. The predicted molar refractivity (Wildman–Crippen MR) is 16.9 cm³/mol. The Morgan fingerprint density at radius 3 is 1.44 bits per heavy atom. The third-order valence-corrected chi connectivity index (χ3v) is 0.850. The van der Waals surface area contributed by atoms with E-state index in [4.69, 9.17) is 13.0 Å². The Bertz CT molecular complexity index is 173. The maximum absolute atomic E-state index is 10.7. The molecule has 0 aromatic heterocycles. The molecule has 0 radical (unpaired) electrons. The fourth-order valence-corrected chi connectivity index (χ4v) is 0. The van der Waals surface area contributed by atoms with E-state index in [9.17, 15) is 13.2 Å². The van der Waals surface area contributed by atoms with Crippen LogP contribution in [0, 0.1) is 0 Å². The standard InChI is InChI=1S/CHF3O3S.Zr.H/c2-1(3,4)8(5,6)7;;/h(H,5,6,7);;/q;+2;-1/p-1. The van der Waals surface area contributed by atoms with Gasteiger partial charge in [0, 0.05) is 0 Å². The summed E-state index contributed by atoms with van der Waals surface area (Å²) in [5.74, 6) is 0. The van der Waals surface area contributed by atoms with E-state index in [-0.39, 0.29) is 27.6 Å². The van der Waals surface area contributed by atoms with E-state index in [1.165, 1.54) is 0 Å². The van der Waals surface area contributed by atoms with Gasteiger partial charge in [-0.25, -0.2) is 8.42 Å². The smallest absolute Gasteiger partial charge is 1.00 e. The van der Waals surface area contributed by atoms with Gasteiger partial charge in [-0.1, -0.05) is 0 Å². The fourth-order valence-electron chi connectivity index (χ4n) is 0. The molecule has 54 valence electrons. The second-order valence-corrected chi connectivity index (χ2v) is 2.27. The maximum atomic E-state index is 10.7. The van der Waals surface area contributed by atoms with Crippen molar-refractivity contribution in [1.29, 1.82) is 0 Å². The van der Waals surface area contributed by atoms with E-state index in [1.54, 1.807) is 0 Å². The van der Waals surface area contributed by atoms with E-state index < -0.39 is 15.6 Å². The summed E-state index contributed by atoms with van der Waals surface area (Å²) in [4.78, 5) is 0. The van der Waals surface area contributed by atoms with Crippen LogP contribution in [0.25, 0.3) is 0 Å². The molecule has 0 fully saturated rings. The first-order valence-electron chi connectivity index (χ1n) is 1.27. The molecule has 0 N–H and O–H groups in total. The molecule has 0 amide bonds. The molecule has 8 heteroatoms. The Labute approximate surface area is 69.6 Å². The van der Waals surface area contributed by atoms with Crippen molar-refractivity contribution in [1.82, 2.24) is 0 Å². The maximum Gasteiger partial charge on any atom is 2.00 e. The molecule has 3 nitrogen and oxygen atoms in total. The Morgan fingerprint density at radius 1 is 1.33 bits per heavy atom. The summed E-state index contributed by atoms with van der Waals surface area (Å²) in [7, 11) is -6.09. The van der Waals surface area contributed by atoms with Crippen LogP contribution in [-0.2, 0) is 36.3 Å². The summed E-state index contributed by atoms with van der Waals surface area (Å²) >= 11 is 0. The molecule has 0 unspecified atom stereocenters. The second-order valence-electron chi connectivity index (χ2n) is 0.900. The third kappa shape index (κ3) is 4.05. The molecule has 0 saturated heterocycles. The van der Waals surface area contributed by atoms with Crippen LogP contribution in [0.2, 0.25) is 0 Å². The molecule has 0 aromatic rings. The van der Waals surface area contributed by atoms with E-state index >= 15 is 0 Å². The number of halogens is 3. The van der Waals surface area contributed by atoms with Gasteiger partial charge in [0.15, 0.2) is 10.1 Å². The van der Waals surface area contributed by atoms with Crippen molar-refractivity contribution in [2.24, 2.45) is 0 Å². The van der Waals surface area contributed by atoms with Gasteiger partial charge in [0.1, 0.15) is 0 Å². The van der Waals surface area contributed by atoms with Crippen LogP contribution in [-0.4, -0.2) is 18.5 Å². The van der Waals surface area contributed by atoms with Gasteiger partial charge in [-0.3, -0.25) is 0 Å². The van der Waals surface area contributed by atoms with Gasteiger partial charge in [-0.2, -0.15) is 13.2 Å². The molecule has 0 aliphatic rings. The average molecular weight is 241 g/mol. The van der Waals surface area contributed by atoms with Crippen molar-refractivity contribution in [3.8, 4) is 0 Å². The number of hydrogen-bond donors (Lipinski definition) is 0. The number of rotatable bonds is 0. The fraction of sp³-hybridized carbons (Fsp3) is 1.00. The van der Waals surface area contributed by atoms with Gasteiger partial charge in [-0.15, -0.1) is 0 Å². The number of hydrogen-bond acceptors (Lipinski definition) is 3. The molecule has 0 saturated carbocycles.